The van der Waals surface area contributed by atoms with E-state index in [0.717, 1.165) is 29.7 Å². The van der Waals surface area contributed by atoms with Gasteiger partial charge in [0.05, 0.1) is 12.6 Å². The van der Waals surface area contributed by atoms with E-state index in [4.69, 9.17) is 4.74 Å². The van der Waals surface area contributed by atoms with Crippen LogP contribution in [0.4, 0.5) is 4.39 Å². The van der Waals surface area contributed by atoms with Crippen LogP contribution in [0.1, 0.15) is 43.4 Å². The van der Waals surface area contributed by atoms with Crippen LogP contribution in [0.25, 0.3) is 0 Å². The lowest BCUT2D eigenvalue weighted by atomic mass is 9.91. The first-order chi connectivity index (χ1) is 12.6. The van der Waals surface area contributed by atoms with Crippen molar-refractivity contribution in [3.63, 3.8) is 0 Å². The van der Waals surface area contributed by atoms with Crippen LogP contribution in [0.3, 0.4) is 0 Å². The molecule has 0 saturated carbocycles. The van der Waals surface area contributed by atoms with Gasteiger partial charge < -0.3 is 9.84 Å². The molecule has 0 amide bonds. The second-order valence-electron chi connectivity index (χ2n) is 6.55. The SMILES string of the molecule is CCOc1ccc(C(c2cccc(F)c2)N2CCCCC2C(=O)O)cc1. The number of hydrogen-bond donors (Lipinski definition) is 1. The van der Waals surface area contributed by atoms with Crippen molar-refractivity contribution in [3.8, 4) is 5.75 Å². The van der Waals surface area contributed by atoms with E-state index >= 15 is 0 Å². The van der Waals surface area contributed by atoms with Crippen LogP contribution in [-0.4, -0.2) is 35.2 Å². The summed E-state index contributed by atoms with van der Waals surface area (Å²) in [4.78, 5) is 13.8. The van der Waals surface area contributed by atoms with Gasteiger partial charge in [-0.25, -0.2) is 4.39 Å². The van der Waals surface area contributed by atoms with Crippen LogP contribution in [0.2, 0.25) is 0 Å². The molecule has 0 radical (unpaired) electrons. The maximum absolute atomic E-state index is 13.9. The first-order valence-corrected chi connectivity index (χ1v) is 9.07. The first kappa shape index (κ1) is 18.4. The monoisotopic (exact) mass is 357 g/mol. The summed E-state index contributed by atoms with van der Waals surface area (Å²) in [7, 11) is 0. The summed E-state index contributed by atoms with van der Waals surface area (Å²) in [6.07, 6.45) is 2.44. The smallest absolute Gasteiger partial charge is 0.320 e. The summed E-state index contributed by atoms with van der Waals surface area (Å²) in [6.45, 7) is 3.18. The summed E-state index contributed by atoms with van der Waals surface area (Å²) in [5.41, 5.74) is 1.70. The molecule has 1 aliphatic rings. The largest absolute Gasteiger partial charge is 0.494 e. The summed E-state index contributed by atoms with van der Waals surface area (Å²) in [6, 6.07) is 13.2. The number of carboxylic acids is 1. The van der Waals surface area contributed by atoms with Gasteiger partial charge in [-0.1, -0.05) is 30.7 Å². The zero-order valence-corrected chi connectivity index (χ0v) is 14.9. The summed E-state index contributed by atoms with van der Waals surface area (Å²) in [5.74, 6) is -0.373. The zero-order chi connectivity index (χ0) is 18.5. The molecule has 2 atom stereocenters. The molecular weight excluding hydrogens is 333 g/mol. The highest BCUT2D eigenvalue weighted by atomic mass is 19.1. The fourth-order valence-electron chi connectivity index (χ4n) is 3.69. The van der Waals surface area contributed by atoms with Gasteiger partial charge >= 0.3 is 5.97 Å². The molecule has 0 spiro atoms. The van der Waals surface area contributed by atoms with Crippen molar-refractivity contribution in [2.24, 2.45) is 0 Å². The molecule has 0 bridgehead atoms. The lowest BCUT2D eigenvalue weighted by Gasteiger charge is -2.39. The molecule has 26 heavy (non-hydrogen) atoms. The third-order valence-corrected chi connectivity index (χ3v) is 4.83. The molecule has 3 rings (SSSR count). The van der Waals surface area contributed by atoms with E-state index in [1.807, 2.05) is 42.2 Å². The van der Waals surface area contributed by atoms with Crippen LogP contribution >= 0.6 is 0 Å². The van der Waals surface area contributed by atoms with Crippen molar-refractivity contribution in [1.29, 1.82) is 0 Å². The average Bonchev–Trinajstić information content (AvgIpc) is 2.64. The molecule has 1 saturated heterocycles. The van der Waals surface area contributed by atoms with E-state index < -0.39 is 12.0 Å². The van der Waals surface area contributed by atoms with Crippen LogP contribution < -0.4 is 4.74 Å². The van der Waals surface area contributed by atoms with E-state index in [0.29, 0.717) is 19.6 Å². The highest BCUT2D eigenvalue weighted by Crippen LogP contribution is 2.35. The van der Waals surface area contributed by atoms with Gasteiger partial charge in [0.25, 0.3) is 0 Å². The number of ether oxygens (including phenoxy) is 1. The number of benzene rings is 2. The molecule has 1 heterocycles. The minimum atomic E-state index is -0.822. The minimum absolute atomic E-state index is 0.303. The molecule has 1 aliphatic heterocycles. The minimum Gasteiger partial charge on any atom is -0.494 e. The van der Waals surface area contributed by atoms with Crippen LogP contribution in [0.5, 0.6) is 5.75 Å². The number of halogens is 1. The summed E-state index contributed by atoms with van der Waals surface area (Å²) < 4.78 is 19.4. The molecular formula is C21H24FNO3. The van der Waals surface area contributed by atoms with Gasteiger partial charge in [0.2, 0.25) is 0 Å². The molecule has 5 heteroatoms. The Labute approximate surface area is 153 Å². The summed E-state index contributed by atoms with van der Waals surface area (Å²) >= 11 is 0. The number of likely N-dealkylation sites (tertiary alicyclic amines) is 1. The molecule has 0 aliphatic carbocycles. The Balaban J connectivity index is 2.02. The number of carboxylic acid groups (broad SMARTS) is 1. The number of carbonyl (C=O) groups is 1. The van der Waals surface area contributed by atoms with Crippen LogP contribution in [0.15, 0.2) is 48.5 Å². The Morgan fingerprint density at radius 1 is 1.23 bits per heavy atom. The molecule has 2 aromatic carbocycles. The Hall–Kier alpha value is -2.40. The van der Waals surface area contributed by atoms with Gasteiger partial charge in [-0.05, 0) is 61.7 Å². The molecule has 2 unspecified atom stereocenters. The van der Waals surface area contributed by atoms with Gasteiger partial charge in [0.15, 0.2) is 0 Å². The standard InChI is InChI=1S/C21H24FNO3/c1-2-26-18-11-9-15(10-12-18)20(16-6-5-7-17(22)14-16)23-13-4-3-8-19(23)21(24)25/h5-7,9-12,14,19-20H,2-4,8,13H2,1H3,(H,24,25). The maximum Gasteiger partial charge on any atom is 0.320 e. The van der Waals surface area contributed by atoms with Crippen molar-refractivity contribution >= 4 is 5.97 Å². The Morgan fingerprint density at radius 3 is 2.65 bits per heavy atom. The van der Waals surface area contributed by atoms with Crippen LogP contribution in [-0.2, 0) is 4.79 Å². The Kier molecular flexibility index (Phi) is 5.89. The number of piperidine rings is 1. The second-order valence-corrected chi connectivity index (χ2v) is 6.55. The van der Waals surface area contributed by atoms with Crippen molar-refractivity contribution in [1.82, 2.24) is 4.90 Å². The number of rotatable bonds is 6. The molecule has 4 nitrogen and oxygen atoms in total. The third kappa shape index (κ3) is 4.05. The van der Waals surface area contributed by atoms with Crippen molar-refractivity contribution in [3.05, 3.63) is 65.5 Å². The molecule has 0 aromatic heterocycles. The maximum atomic E-state index is 13.9. The van der Waals surface area contributed by atoms with E-state index in [9.17, 15) is 14.3 Å². The van der Waals surface area contributed by atoms with Gasteiger partial charge in [0.1, 0.15) is 17.6 Å². The van der Waals surface area contributed by atoms with Crippen molar-refractivity contribution in [2.45, 2.75) is 38.3 Å². The molecule has 1 N–H and O–H groups in total. The van der Waals surface area contributed by atoms with Crippen LogP contribution in [0, 0.1) is 5.82 Å². The van der Waals surface area contributed by atoms with Gasteiger partial charge in [-0.2, -0.15) is 0 Å². The lowest BCUT2D eigenvalue weighted by Crippen LogP contribution is -2.46. The van der Waals surface area contributed by atoms with Gasteiger partial charge in [-0.15, -0.1) is 0 Å². The molecule has 1 fully saturated rings. The van der Waals surface area contributed by atoms with E-state index in [1.165, 1.54) is 12.1 Å². The normalized spacial score (nSPS) is 19.1. The molecule has 138 valence electrons. The first-order valence-electron chi connectivity index (χ1n) is 9.07. The zero-order valence-electron chi connectivity index (χ0n) is 14.9. The topological polar surface area (TPSA) is 49.8 Å². The van der Waals surface area contributed by atoms with E-state index in [2.05, 4.69) is 0 Å². The Bertz CT molecular complexity index is 747. The average molecular weight is 357 g/mol. The lowest BCUT2D eigenvalue weighted by molar-refractivity contribution is -0.145. The quantitative estimate of drug-likeness (QED) is 0.839. The van der Waals surface area contributed by atoms with E-state index in [1.54, 1.807) is 6.07 Å². The highest BCUT2D eigenvalue weighted by Gasteiger charge is 2.35. The fraction of sp³-hybridized carbons (Fsp3) is 0.381. The number of nitrogens with zero attached hydrogens (tertiary/aromatic N) is 1. The number of hydrogen-bond acceptors (Lipinski definition) is 3. The highest BCUT2D eigenvalue weighted by molar-refractivity contribution is 5.73. The predicted molar refractivity (Wildman–Crippen MR) is 97.8 cm³/mol. The third-order valence-electron chi connectivity index (χ3n) is 4.83. The van der Waals surface area contributed by atoms with Crippen molar-refractivity contribution in [2.75, 3.05) is 13.2 Å². The molecule has 2 aromatic rings. The fourth-order valence-corrected chi connectivity index (χ4v) is 3.69. The summed E-state index contributed by atoms with van der Waals surface area (Å²) in [5, 5.41) is 9.68. The van der Waals surface area contributed by atoms with Gasteiger partial charge in [0, 0.05) is 0 Å². The second kappa shape index (κ2) is 8.32. The number of aliphatic carboxylic acids is 1. The predicted octanol–water partition coefficient (Wildman–Crippen LogP) is 4.25. The Morgan fingerprint density at radius 2 is 2.00 bits per heavy atom. The van der Waals surface area contributed by atoms with Crippen molar-refractivity contribution < 1.29 is 19.0 Å². The van der Waals surface area contributed by atoms with Gasteiger partial charge in [-0.3, -0.25) is 9.69 Å². The van der Waals surface area contributed by atoms with E-state index in [-0.39, 0.29) is 11.9 Å².